The van der Waals surface area contributed by atoms with E-state index in [1.807, 2.05) is 13.8 Å². The van der Waals surface area contributed by atoms with Crippen LogP contribution < -0.4 is 5.73 Å². The van der Waals surface area contributed by atoms with Crippen molar-refractivity contribution in [3.05, 3.63) is 29.8 Å². The van der Waals surface area contributed by atoms with Gasteiger partial charge in [0.15, 0.2) is 0 Å². The van der Waals surface area contributed by atoms with E-state index in [1.54, 1.807) is 6.07 Å². The summed E-state index contributed by atoms with van der Waals surface area (Å²) in [6, 6.07) is 3.12. The van der Waals surface area contributed by atoms with E-state index in [0.717, 1.165) is 18.5 Å². The first kappa shape index (κ1) is 10.1. The van der Waals surface area contributed by atoms with Crippen molar-refractivity contribution < 1.29 is 4.39 Å². The van der Waals surface area contributed by atoms with Crippen LogP contribution in [0.1, 0.15) is 26.0 Å². The molecule has 0 unspecified atom stereocenters. The topological polar surface area (TPSA) is 38.9 Å². The molecule has 0 aromatic carbocycles. The fourth-order valence-electron chi connectivity index (χ4n) is 1.00. The zero-order valence-corrected chi connectivity index (χ0v) is 8.05. The van der Waals surface area contributed by atoms with E-state index in [9.17, 15) is 4.39 Å². The Morgan fingerprint density at radius 1 is 1.46 bits per heavy atom. The maximum absolute atomic E-state index is 12.5. The summed E-state index contributed by atoms with van der Waals surface area (Å²) in [6.45, 7) is 3.94. The maximum atomic E-state index is 12.5. The zero-order valence-electron chi connectivity index (χ0n) is 8.05. The molecule has 2 N–H and O–H groups in total. The van der Waals surface area contributed by atoms with E-state index in [0.29, 0.717) is 0 Å². The fourth-order valence-corrected chi connectivity index (χ4v) is 1.00. The third-order valence-electron chi connectivity index (χ3n) is 1.81. The van der Waals surface area contributed by atoms with Gasteiger partial charge in [0.25, 0.3) is 0 Å². The van der Waals surface area contributed by atoms with Crippen LogP contribution in [0.25, 0.3) is 0 Å². The molecule has 1 heterocycles. The summed E-state index contributed by atoms with van der Waals surface area (Å²) in [6.07, 6.45) is 2.88. The van der Waals surface area contributed by atoms with Gasteiger partial charge >= 0.3 is 0 Å². The minimum absolute atomic E-state index is 0.184. The van der Waals surface area contributed by atoms with Gasteiger partial charge in [-0.05, 0) is 38.8 Å². The lowest BCUT2D eigenvalue weighted by Gasteiger charge is -2.17. The highest BCUT2D eigenvalue weighted by atomic mass is 19.1. The van der Waals surface area contributed by atoms with Crippen LogP contribution in [0.15, 0.2) is 18.3 Å². The van der Waals surface area contributed by atoms with Crippen molar-refractivity contribution in [2.45, 2.75) is 32.2 Å². The molecule has 0 atom stereocenters. The molecule has 0 bridgehead atoms. The highest BCUT2D eigenvalue weighted by Crippen LogP contribution is 2.09. The molecule has 0 radical (unpaired) electrons. The van der Waals surface area contributed by atoms with Gasteiger partial charge in [-0.1, -0.05) is 0 Å². The van der Waals surface area contributed by atoms with E-state index in [2.05, 4.69) is 4.98 Å². The Bertz CT molecular complexity index is 261. The van der Waals surface area contributed by atoms with Crippen LogP contribution in [0, 0.1) is 5.82 Å². The van der Waals surface area contributed by atoms with Crippen molar-refractivity contribution in [3.8, 4) is 0 Å². The molecule has 0 amide bonds. The highest BCUT2D eigenvalue weighted by molar-refractivity contribution is 5.05. The average Bonchev–Trinajstić information content (AvgIpc) is 2.02. The minimum atomic E-state index is -0.296. The van der Waals surface area contributed by atoms with E-state index in [1.165, 1.54) is 12.3 Å². The lowest BCUT2D eigenvalue weighted by molar-refractivity contribution is 0.473. The van der Waals surface area contributed by atoms with Crippen LogP contribution in [0.3, 0.4) is 0 Å². The summed E-state index contributed by atoms with van der Waals surface area (Å²) in [5, 5.41) is 0. The van der Waals surface area contributed by atoms with Gasteiger partial charge in [-0.3, -0.25) is 4.98 Å². The molecule has 1 aromatic heterocycles. The van der Waals surface area contributed by atoms with Crippen LogP contribution in [0.5, 0.6) is 0 Å². The van der Waals surface area contributed by atoms with Crippen LogP contribution in [0.2, 0.25) is 0 Å². The normalized spacial score (nSPS) is 11.7. The maximum Gasteiger partial charge on any atom is 0.141 e. The first-order valence-electron chi connectivity index (χ1n) is 4.37. The van der Waals surface area contributed by atoms with Gasteiger partial charge in [0.05, 0.1) is 6.20 Å². The molecular formula is C10H15FN2. The van der Waals surface area contributed by atoms with Gasteiger partial charge in [-0.25, -0.2) is 4.39 Å². The number of nitrogens with two attached hydrogens (primary N) is 1. The largest absolute Gasteiger partial charge is 0.326 e. The van der Waals surface area contributed by atoms with E-state index in [4.69, 9.17) is 5.73 Å². The Hall–Kier alpha value is -0.960. The molecule has 13 heavy (non-hydrogen) atoms. The Morgan fingerprint density at radius 2 is 2.15 bits per heavy atom. The minimum Gasteiger partial charge on any atom is -0.326 e. The van der Waals surface area contributed by atoms with Crippen molar-refractivity contribution in [3.63, 3.8) is 0 Å². The van der Waals surface area contributed by atoms with Crippen molar-refractivity contribution in [2.24, 2.45) is 5.73 Å². The molecule has 0 saturated carbocycles. The van der Waals surface area contributed by atoms with E-state index in [-0.39, 0.29) is 11.4 Å². The van der Waals surface area contributed by atoms with Gasteiger partial charge < -0.3 is 5.73 Å². The molecule has 1 aromatic rings. The van der Waals surface area contributed by atoms with Gasteiger partial charge in [0, 0.05) is 11.2 Å². The molecular weight excluding hydrogens is 167 g/mol. The van der Waals surface area contributed by atoms with Gasteiger partial charge in [0.2, 0.25) is 0 Å². The summed E-state index contributed by atoms with van der Waals surface area (Å²) in [5.41, 5.74) is 6.52. The number of aryl methyl sites for hydroxylation is 1. The highest BCUT2D eigenvalue weighted by Gasteiger charge is 2.10. The monoisotopic (exact) mass is 182 g/mol. The quantitative estimate of drug-likeness (QED) is 0.775. The number of aromatic nitrogens is 1. The standard InChI is InChI=1S/C10H15FN2/c1-10(2,12)6-5-9-4-3-8(11)7-13-9/h3-4,7H,5-6,12H2,1-2H3. The molecule has 0 aliphatic heterocycles. The van der Waals surface area contributed by atoms with Gasteiger partial charge in [-0.15, -0.1) is 0 Å². The second-order valence-electron chi connectivity index (χ2n) is 3.96. The number of nitrogens with zero attached hydrogens (tertiary/aromatic N) is 1. The molecule has 1 rings (SSSR count). The van der Waals surface area contributed by atoms with E-state index >= 15 is 0 Å². The number of halogens is 1. The molecule has 0 aliphatic carbocycles. The molecule has 2 nitrogen and oxygen atoms in total. The third kappa shape index (κ3) is 3.99. The molecule has 72 valence electrons. The van der Waals surface area contributed by atoms with Crippen molar-refractivity contribution >= 4 is 0 Å². The van der Waals surface area contributed by atoms with Crippen molar-refractivity contribution in [1.29, 1.82) is 0 Å². The summed E-state index contributed by atoms with van der Waals surface area (Å²) in [7, 11) is 0. The third-order valence-corrected chi connectivity index (χ3v) is 1.81. The summed E-state index contributed by atoms with van der Waals surface area (Å²) in [4.78, 5) is 3.95. The van der Waals surface area contributed by atoms with Crippen molar-refractivity contribution in [2.75, 3.05) is 0 Å². The molecule has 0 spiro atoms. The first-order valence-corrected chi connectivity index (χ1v) is 4.37. The zero-order chi connectivity index (χ0) is 9.90. The first-order chi connectivity index (χ1) is 5.97. The lowest BCUT2D eigenvalue weighted by atomic mass is 9.99. The fraction of sp³-hybridized carbons (Fsp3) is 0.500. The number of hydrogen-bond donors (Lipinski definition) is 1. The Morgan fingerprint density at radius 3 is 2.62 bits per heavy atom. The van der Waals surface area contributed by atoms with Gasteiger partial charge in [0.1, 0.15) is 5.82 Å². The predicted octanol–water partition coefficient (Wildman–Crippen LogP) is 1.89. The second kappa shape index (κ2) is 3.83. The summed E-state index contributed by atoms with van der Waals surface area (Å²) >= 11 is 0. The SMILES string of the molecule is CC(C)(N)CCc1ccc(F)cn1. The average molecular weight is 182 g/mol. The number of rotatable bonds is 3. The molecule has 0 fully saturated rings. The summed E-state index contributed by atoms with van der Waals surface area (Å²) < 4.78 is 12.5. The van der Waals surface area contributed by atoms with Crippen LogP contribution in [0.4, 0.5) is 4.39 Å². The second-order valence-corrected chi connectivity index (χ2v) is 3.96. The lowest BCUT2D eigenvalue weighted by Crippen LogP contribution is -2.32. The number of pyridine rings is 1. The Balaban J connectivity index is 2.51. The Kier molecular flexibility index (Phi) is 2.98. The van der Waals surface area contributed by atoms with Crippen LogP contribution >= 0.6 is 0 Å². The summed E-state index contributed by atoms with van der Waals surface area (Å²) in [5.74, 6) is -0.296. The van der Waals surface area contributed by atoms with Gasteiger partial charge in [-0.2, -0.15) is 0 Å². The Labute approximate surface area is 78.0 Å². The smallest absolute Gasteiger partial charge is 0.141 e. The van der Waals surface area contributed by atoms with E-state index < -0.39 is 0 Å². The van der Waals surface area contributed by atoms with Crippen LogP contribution in [-0.4, -0.2) is 10.5 Å². The van der Waals surface area contributed by atoms with Crippen molar-refractivity contribution in [1.82, 2.24) is 4.98 Å². The van der Waals surface area contributed by atoms with Crippen LogP contribution in [-0.2, 0) is 6.42 Å². The molecule has 0 saturated heterocycles. The number of hydrogen-bond acceptors (Lipinski definition) is 2. The molecule has 0 aliphatic rings. The predicted molar refractivity (Wildman–Crippen MR) is 50.8 cm³/mol. The molecule has 3 heteroatoms.